The van der Waals surface area contributed by atoms with Crippen molar-refractivity contribution < 1.29 is 49.4 Å². The number of nitrogens with zero attached hydrogens (tertiary/aromatic N) is 2. The molecule has 1 amide bonds. The van der Waals surface area contributed by atoms with E-state index in [4.69, 9.17) is 10.5 Å². The maximum atomic E-state index is 14.9. The number of hydrogen-bond donors (Lipinski definition) is 2. The van der Waals surface area contributed by atoms with E-state index in [2.05, 4.69) is 20.0 Å². The van der Waals surface area contributed by atoms with Crippen molar-refractivity contribution in [3.63, 3.8) is 0 Å². The first-order valence-corrected chi connectivity index (χ1v) is 11.1. The van der Waals surface area contributed by atoms with E-state index in [0.717, 1.165) is 36.5 Å². The second kappa shape index (κ2) is 9.91. The summed E-state index contributed by atoms with van der Waals surface area (Å²) in [5.41, 5.74) is 2.72. The molecule has 0 saturated heterocycles. The molecule has 1 aromatic carbocycles. The minimum absolute atomic E-state index is 0.0699. The molecule has 15 heteroatoms. The largest absolute Gasteiger partial charge is 0.485 e. The van der Waals surface area contributed by atoms with Crippen LogP contribution in [0.25, 0.3) is 0 Å². The molecule has 1 saturated carbocycles. The Balaban J connectivity index is 1.54. The number of nitrogens with two attached hydrogens (primary N) is 1. The van der Waals surface area contributed by atoms with E-state index in [1.807, 2.05) is 0 Å². The monoisotopic (exact) mass is 552 g/mol. The molecule has 0 spiro atoms. The quantitative estimate of drug-likeness (QED) is 0.464. The molecule has 0 bridgehead atoms. The molecule has 4 rings (SSSR count). The lowest BCUT2D eigenvalue weighted by Gasteiger charge is -2.40. The average Bonchev–Trinajstić information content (AvgIpc) is 3.17. The topological polar surface area (TPSA) is 98.8 Å². The Morgan fingerprint density at radius 2 is 1.97 bits per heavy atom. The lowest BCUT2D eigenvalue weighted by atomic mass is 9.76. The van der Waals surface area contributed by atoms with Gasteiger partial charge in [-0.25, -0.2) is 36.3 Å². The van der Waals surface area contributed by atoms with Crippen molar-refractivity contribution in [2.45, 2.75) is 42.8 Å². The number of carbonyl (C=O) groups excluding carboxylic acids is 1. The number of aliphatic imine (C=N–C) groups is 1. The van der Waals surface area contributed by atoms with Crippen molar-refractivity contribution in [3.05, 3.63) is 53.6 Å². The van der Waals surface area contributed by atoms with Gasteiger partial charge in [-0.15, -0.1) is 0 Å². The summed E-state index contributed by atoms with van der Waals surface area (Å²) in [4.78, 5) is 20.2. The summed E-state index contributed by atoms with van der Waals surface area (Å²) in [7, 11) is 0. The fraction of sp³-hybridized carbons (Fsp3) is 0.435. The third kappa shape index (κ3) is 5.31. The predicted octanol–water partition coefficient (Wildman–Crippen LogP) is 4.68. The van der Waals surface area contributed by atoms with Gasteiger partial charge < -0.3 is 20.5 Å². The second-order valence-corrected chi connectivity index (χ2v) is 8.91. The van der Waals surface area contributed by atoms with Gasteiger partial charge in [0.05, 0.1) is 6.20 Å². The number of halogens is 8. The first-order chi connectivity index (χ1) is 17.8. The molecule has 1 aliphatic carbocycles. The molecule has 3 atom stereocenters. The SMILES string of the molecule is NC1=N[C@](CF)(c2cc(NC(=O)c3ccc(OCC(F)(F)C(F)F)cn3)ccc2F)[C@H]2CC(F)(F)C[C@H]2O1. The first-order valence-electron chi connectivity index (χ1n) is 11.1. The predicted molar refractivity (Wildman–Crippen MR) is 117 cm³/mol. The van der Waals surface area contributed by atoms with Crippen LogP contribution in [0.4, 0.5) is 40.8 Å². The van der Waals surface area contributed by atoms with Crippen LogP contribution in [0.3, 0.4) is 0 Å². The van der Waals surface area contributed by atoms with E-state index >= 15 is 0 Å². The van der Waals surface area contributed by atoms with E-state index in [0.29, 0.717) is 0 Å². The highest BCUT2D eigenvalue weighted by Gasteiger charge is 2.60. The molecule has 2 aliphatic rings. The summed E-state index contributed by atoms with van der Waals surface area (Å²) in [5, 5.41) is 2.37. The number of fused-ring (bicyclic) bond motifs is 1. The molecule has 206 valence electrons. The van der Waals surface area contributed by atoms with Crippen molar-refractivity contribution in [3.8, 4) is 5.75 Å². The Morgan fingerprint density at radius 3 is 2.61 bits per heavy atom. The van der Waals surface area contributed by atoms with Crippen LogP contribution in [0.5, 0.6) is 5.75 Å². The van der Waals surface area contributed by atoms with Gasteiger partial charge in [-0.2, -0.15) is 8.78 Å². The van der Waals surface area contributed by atoms with Crippen LogP contribution in [0.15, 0.2) is 41.5 Å². The van der Waals surface area contributed by atoms with Gasteiger partial charge in [0, 0.05) is 30.0 Å². The minimum Gasteiger partial charge on any atom is -0.485 e. The van der Waals surface area contributed by atoms with Crippen LogP contribution >= 0.6 is 0 Å². The number of amides is 1. The van der Waals surface area contributed by atoms with E-state index in [-0.39, 0.29) is 17.1 Å². The molecule has 1 fully saturated rings. The Kier molecular flexibility index (Phi) is 7.14. The summed E-state index contributed by atoms with van der Waals surface area (Å²) in [6, 6.07) is 4.56. The maximum Gasteiger partial charge on any atom is 0.340 e. The fourth-order valence-electron chi connectivity index (χ4n) is 4.47. The normalized spacial score (nSPS) is 24.4. The number of benzene rings is 1. The highest BCUT2D eigenvalue weighted by atomic mass is 19.3. The van der Waals surface area contributed by atoms with E-state index in [9.17, 15) is 39.9 Å². The van der Waals surface area contributed by atoms with Crippen molar-refractivity contribution in [1.29, 1.82) is 0 Å². The third-order valence-corrected chi connectivity index (χ3v) is 6.28. The smallest absolute Gasteiger partial charge is 0.340 e. The Bertz CT molecular complexity index is 1230. The summed E-state index contributed by atoms with van der Waals surface area (Å²) in [5.74, 6) is -11.0. The molecule has 1 aliphatic heterocycles. The molecule has 3 N–H and O–H groups in total. The Labute approximate surface area is 210 Å². The molecule has 2 heterocycles. The number of pyridine rings is 1. The first kappa shape index (κ1) is 27.4. The summed E-state index contributed by atoms with van der Waals surface area (Å²) < 4.78 is 118. The number of ether oxygens (including phenoxy) is 2. The van der Waals surface area contributed by atoms with Crippen LogP contribution in [0, 0.1) is 11.7 Å². The zero-order valence-corrected chi connectivity index (χ0v) is 19.2. The zero-order valence-electron chi connectivity index (χ0n) is 19.2. The molecular weight excluding hydrogens is 532 g/mol. The van der Waals surface area contributed by atoms with Gasteiger partial charge in [-0.1, -0.05) is 0 Å². The third-order valence-electron chi connectivity index (χ3n) is 6.28. The molecule has 0 radical (unpaired) electrons. The molecule has 7 nitrogen and oxygen atoms in total. The highest BCUT2D eigenvalue weighted by Crippen LogP contribution is 2.53. The van der Waals surface area contributed by atoms with Crippen LogP contribution in [0.2, 0.25) is 0 Å². The molecule has 2 aromatic rings. The standard InChI is InChI=1S/C23H20F8N4O3/c24-9-22(14-6-21(28,29)7-17(14)38-20(32)35-22)13-5-11(1-3-15(13)25)34-18(36)16-4-2-12(8-33-16)37-10-23(30,31)19(26)27/h1-5,8,14,17,19H,6-7,9-10H2,(H2,32,35)(H,34,36)/t14-,17+,22+/m0/s1. The van der Waals surface area contributed by atoms with Crippen LogP contribution in [-0.2, 0) is 10.3 Å². The molecule has 0 unspecified atom stereocenters. The van der Waals surface area contributed by atoms with Crippen LogP contribution in [0.1, 0.15) is 28.9 Å². The van der Waals surface area contributed by atoms with E-state index in [1.54, 1.807) is 0 Å². The Morgan fingerprint density at radius 1 is 1.24 bits per heavy atom. The maximum absolute atomic E-state index is 14.9. The number of amidine groups is 1. The van der Waals surface area contributed by atoms with Gasteiger partial charge in [0.15, 0.2) is 6.61 Å². The summed E-state index contributed by atoms with van der Waals surface area (Å²) in [6.07, 6.45) is -5.86. The Hall–Kier alpha value is -3.65. The van der Waals surface area contributed by atoms with Crippen molar-refractivity contribution in [2.24, 2.45) is 16.6 Å². The van der Waals surface area contributed by atoms with Crippen molar-refractivity contribution >= 4 is 17.6 Å². The summed E-state index contributed by atoms with van der Waals surface area (Å²) >= 11 is 0. The zero-order chi connectivity index (χ0) is 27.9. The number of alkyl halides is 7. The van der Waals surface area contributed by atoms with Gasteiger partial charge in [0.25, 0.3) is 17.9 Å². The van der Waals surface area contributed by atoms with E-state index in [1.165, 1.54) is 0 Å². The molecular formula is C23H20F8N4O3. The number of nitrogens with one attached hydrogen (secondary N) is 1. The highest BCUT2D eigenvalue weighted by molar-refractivity contribution is 6.02. The van der Waals surface area contributed by atoms with Crippen molar-refractivity contribution in [2.75, 3.05) is 18.6 Å². The lowest BCUT2D eigenvalue weighted by Crippen LogP contribution is -2.48. The van der Waals surface area contributed by atoms with Gasteiger partial charge in [-0.05, 0) is 30.3 Å². The number of aromatic nitrogens is 1. The van der Waals surface area contributed by atoms with Crippen LogP contribution in [-0.4, -0.2) is 54.6 Å². The molecule has 1 aromatic heterocycles. The van der Waals surface area contributed by atoms with Crippen molar-refractivity contribution in [1.82, 2.24) is 4.98 Å². The summed E-state index contributed by atoms with van der Waals surface area (Å²) in [6.45, 7) is -2.99. The van der Waals surface area contributed by atoms with Crippen LogP contribution < -0.4 is 15.8 Å². The lowest BCUT2D eigenvalue weighted by molar-refractivity contribution is -0.148. The number of anilines is 1. The second-order valence-electron chi connectivity index (χ2n) is 8.91. The number of hydrogen-bond acceptors (Lipinski definition) is 6. The van der Waals surface area contributed by atoms with E-state index < -0.39 is 85.3 Å². The average molecular weight is 552 g/mol. The fourth-order valence-corrected chi connectivity index (χ4v) is 4.47. The van der Waals surface area contributed by atoms with Gasteiger partial charge in [0.2, 0.25) is 0 Å². The van der Waals surface area contributed by atoms with Gasteiger partial charge in [-0.3, -0.25) is 4.79 Å². The number of carbonyl (C=O) groups is 1. The number of rotatable bonds is 8. The van der Waals surface area contributed by atoms with Gasteiger partial charge in [0.1, 0.15) is 35.6 Å². The minimum atomic E-state index is -4.39. The molecule has 38 heavy (non-hydrogen) atoms. The van der Waals surface area contributed by atoms with Gasteiger partial charge >= 0.3 is 12.3 Å².